The maximum Gasteiger partial charge on any atom is 0.0542 e. The Kier molecular flexibility index (Phi) is 6.34. The van der Waals surface area contributed by atoms with E-state index in [0.717, 1.165) is 42.4 Å². The molecule has 0 aliphatic heterocycles. The SMILES string of the molecule is CC(C)CC(O)CCCCC1CCC2C=CC(C)C(C)C21. The average molecular weight is 293 g/mol. The van der Waals surface area contributed by atoms with E-state index in [-0.39, 0.29) is 6.10 Å². The second-order valence-electron chi connectivity index (χ2n) is 8.25. The largest absolute Gasteiger partial charge is 0.393 e. The fraction of sp³-hybridized carbons (Fsp3) is 0.900. The summed E-state index contributed by atoms with van der Waals surface area (Å²) in [4.78, 5) is 0. The van der Waals surface area contributed by atoms with Crippen LogP contribution in [0.3, 0.4) is 0 Å². The summed E-state index contributed by atoms with van der Waals surface area (Å²) >= 11 is 0. The molecule has 0 aromatic rings. The topological polar surface area (TPSA) is 20.2 Å². The minimum Gasteiger partial charge on any atom is -0.393 e. The van der Waals surface area contributed by atoms with Gasteiger partial charge in [-0.1, -0.05) is 59.1 Å². The number of allylic oxidation sites excluding steroid dienone is 2. The summed E-state index contributed by atoms with van der Waals surface area (Å²) in [5.74, 6) is 4.99. The molecule has 0 aromatic carbocycles. The molecule has 1 N–H and O–H groups in total. The highest BCUT2D eigenvalue weighted by molar-refractivity contribution is 5.07. The fourth-order valence-electron chi connectivity index (χ4n) is 4.81. The van der Waals surface area contributed by atoms with Crippen molar-refractivity contribution in [3.05, 3.63) is 12.2 Å². The van der Waals surface area contributed by atoms with Crippen molar-refractivity contribution in [3.8, 4) is 0 Å². The number of aliphatic hydroxyl groups excluding tert-OH is 1. The minimum absolute atomic E-state index is 0.0714. The first-order valence-electron chi connectivity index (χ1n) is 9.35. The molecule has 6 unspecified atom stereocenters. The molecule has 2 aliphatic carbocycles. The third kappa shape index (κ3) is 4.58. The van der Waals surface area contributed by atoms with E-state index in [4.69, 9.17) is 0 Å². The summed E-state index contributed by atoms with van der Waals surface area (Å²) in [6.45, 7) is 9.24. The number of rotatable bonds is 7. The molecule has 0 aromatic heterocycles. The summed E-state index contributed by atoms with van der Waals surface area (Å²) in [5.41, 5.74) is 0. The van der Waals surface area contributed by atoms with Gasteiger partial charge in [0.1, 0.15) is 0 Å². The summed E-state index contributed by atoms with van der Waals surface area (Å²) in [7, 11) is 0. The van der Waals surface area contributed by atoms with Crippen molar-refractivity contribution in [2.75, 3.05) is 0 Å². The highest BCUT2D eigenvalue weighted by atomic mass is 16.3. The summed E-state index contributed by atoms with van der Waals surface area (Å²) in [5, 5.41) is 9.97. The maximum atomic E-state index is 9.97. The van der Waals surface area contributed by atoms with Gasteiger partial charge in [-0.3, -0.25) is 0 Å². The Balaban J connectivity index is 1.71. The van der Waals surface area contributed by atoms with Gasteiger partial charge in [0.15, 0.2) is 0 Å². The zero-order valence-electron chi connectivity index (χ0n) is 14.6. The average Bonchev–Trinajstić information content (AvgIpc) is 2.82. The van der Waals surface area contributed by atoms with Gasteiger partial charge in [-0.05, 0) is 61.2 Å². The van der Waals surface area contributed by atoms with Crippen LogP contribution in [0.4, 0.5) is 0 Å². The Bertz CT molecular complexity index is 333. The molecule has 0 spiro atoms. The van der Waals surface area contributed by atoms with Crippen molar-refractivity contribution in [2.24, 2.45) is 35.5 Å². The molecular weight excluding hydrogens is 256 g/mol. The molecule has 2 aliphatic rings. The van der Waals surface area contributed by atoms with E-state index in [1.807, 2.05) is 0 Å². The highest BCUT2D eigenvalue weighted by Gasteiger charge is 2.40. The number of aliphatic hydroxyl groups is 1. The Labute approximate surface area is 132 Å². The standard InChI is InChI=1S/C20H36O/c1-14(2)13-19(21)8-6-5-7-17-11-12-18-10-9-15(3)16(4)20(17)18/h9-10,14-21H,5-8,11-13H2,1-4H3. The van der Waals surface area contributed by atoms with Crippen LogP contribution in [-0.4, -0.2) is 11.2 Å². The number of hydrogen-bond donors (Lipinski definition) is 1. The third-order valence-electron chi connectivity index (χ3n) is 6.11. The van der Waals surface area contributed by atoms with Gasteiger partial charge in [0, 0.05) is 0 Å². The Hall–Kier alpha value is -0.300. The molecule has 0 amide bonds. The molecule has 122 valence electrons. The first-order chi connectivity index (χ1) is 9.99. The normalized spacial score (nSPS) is 37.0. The lowest BCUT2D eigenvalue weighted by molar-refractivity contribution is 0.133. The first-order valence-corrected chi connectivity index (χ1v) is 9.35. The van der Waals surface area contributed by atoms with Crippen LogP contribution in [0.1, 0.15) is 72.6 Å². The molecule has 6 atom stereocenters. The van der Waals surface area contributed by atoms with Crippen LogP contribution in [0, 0.1) is 35.5 Å². The van der Waals surface area contributed by atoms with Crippen molar-refractivity contribution in [1.82, 2.24) is 0 Å². The van der Waals surface area contributed by atoms with Crippen molar-refractivity contribution in [2.45, 2.75) is 78.7 Å². The molecule has 0 heterocycles. The van der Waals surface area contributed by atoms with Crippen LogP contribution in [0.5, 0.6) is 0 Å². The molecule has 1 heteroatoms. The van der Waals surface area contributed by atoms with Crippen molar-refractivity contribution in [3.63, 3.8) is 0 Å². The van der Waals surface area contributed by atoms with E-state index < -0.39 is 0 Å². The van der Waals surface area contributed by atoms with Crippen LogP contribution >= 0.6 is 0 Å². The molecule has 2 rings (SSSR count). The maximum absolute atomic E-state index is 9.97. The van der Waals surface area contributed by atoms with Gasteiger partial charge in [0.2, 0.25) is 0 Å². The Morgan fingerprint density at radius 2 is 1.86 bits per heavy atom. The summed E-state index contributed by atoms with van der Waals surface area (Å²) in [6.07, 6.45) is 13.6. The van der Waals surface area contributed by atoms with Crippen molar-refractivity contribution < 1.29 is 5.11 Å². The number of hydrogen-bond acceptors (Lipinski definition) is 1. The molecule has 0 saturated heterocycles. The van der Waals surface area contributed by atoms with Gasteiger partial charge >= 0.3 is 0 Å². The molecule has 0 radical (unpaired) electrons. The van der Waals surface area contributed by atoms with E-state index in [2.05, 4.69) is 39.8 Å². The zero-order chi connectivity index (χ0) is 15.4. The van der Waals surface area contributed by atoms with Crippen LogP contribution < -0.4 is 0 Å². The molecule has 1 nitrogen and oxygen atoms in total. The lowest BCUT2D eigenvalue weighted by atomic mass is 9.69. The Morgan fingerprint density at radius 3 is 2.57 bits per heavy atom. The summed E-state index contributed by atoms with van der Waals surface area (Å²) in [6, 6.07) is 0. The molecule has 1 saturated carbocycles. The van der Waals surface area contributed by atoms with Crippen LogP contribution in [0.25, 0.3) is 0 Å². The van der Waals surface area contributed by atoms with Crippen LogP contribution in [0.2, 0.25) is 0 Å². The van der Waals surface area contributed by atoms with E-state index in [0.29, 0.717) is 5.92 Å². The predicted molar refractivity (Wildman–Crippen MR) is 91.1 cm³/mol. The second-order valence-corrected chi connectivity index (χ2v) is 8.25. The van der Waals surface area contributed by atoms with Gasteiger partial charge < -0.3 is 5.11 Å². The molecule has 0 bridgehead atoms. The molecular formula is C20H36O. The van der Waals surface area contributed by atoms with Gasteiger partial charge in [-0.15, -0.1) is 0 Å². The van der Waals surface area contributed by atoms with Gasteiger partial charge in [0.25, 0.3) is 0 Å². The molecule has 21 heavy (non-hydrogen) atoms. The van der Waals surface area contributed by atoms with E-state index in [1.54, 1.807) is 0 Å². The van der Waals surface area contributed by atoms with Crippen molar-refractivity contribution in [1.29, 1.82) is 0 Å². The van der Waals surface area contributed by atoms with Gasteiger partial charge in [0.05, 0.1) is 6.10 Å². The minimum atomic E-state index is -0.0714. The quantitative estimate of drug-likeness (QED) is 0.489. The van der Waals surface area contributed by atoms with Crippen LogP contribution in [-0.2, 0) is 0 Å². The first kappa shape index (κ1) is 17.1. The lowest BCUT2D eigenvalue weighted by Crippen LogP contribution is -2.29. The third-order valence-corrected chi connectivity index (χ3v) is 6.11. The van der Waals surface area contributed by atoms with E-state index in [9.17, 15) is 5.11 Å². The van der Waals surface area contributed by atoms with E-state index in [1.165, 1.54) is 32.1 Å². The number of unbranched alkanes of at least 4 members (excludes halogenated alkanes) is 1. The van der Waals surface area contributed by atoms with E-state index >= 15 is 0 Å². The van der Waals surface area contributed by atoms with Gasteiger partial charge in [-0.25, -0.2) is 0 Å². The fourth-order valence-corrected chi connectivity index (χ4v) is 4.81. The monoisotopic (exact) mass is 292 g/mol. The highest BCUT2D eigenvalue weighted by Crippen LogP contribution is 2.49. The zero-order valence-corrected chi connectivity index (χ0v) is 14.6. The summed E-state index contributed by atoms with van der Waals surface area (Å²) < 4.78 is 0. The molecule has 1 fully saturated rings. The smallest absolute Gasteiger partial charge is 0.0542 e. The second kappa shape index (κ2) is 7.81. The predicted octanol–water partition coefficient (Wildman–Crippen LogP) is 5.44. The lowest BCUT2D eigenvalue weighted by Gasteiger charge is -2.36. The van der Waals surface area contributed by atoms with Gasteiger partial charge in [-0.2, -0.15) is 0 Å². The number of fused-ring (bicyclic) bond motifs is 1. The van der Waals surface area contributed by atoms with Crippen LogP contribution in [0.15, 0.2) is 12.2 Å². The van der Waals surface area contributed by atoms with Crippen molar-refractivity contribution >= 4 is 0 Å². The Morgan fingerprint density at radius 1 is 1.10 bits per heavy atom.